The quantitative estimate of drug-likeness (QED) is 0.737. The van der Waals surface area contributed by atoms with Crippen molar-refractivity contribution in [1.29, 1.82) is 0 Å². The fourth-order valence-corrected chi connectivity index (χ4v) is 4.90. The van der Waals surface area contributed by atoms with Crippen molar-refractivity contribution in [2.45, 2.75) is 65.0 Å². The van der Waals surface area contributed by atoms with Gasteiger partial charge in [0.05, 0.1) is 11.9 Å². The summed E-state index contributed by atoms with van der Waals surface area (Å²) in [5, 5.41) is 0. The Morgan fingerprint density at radius 2 is 1.81 bits per heavy atom. The smallest absolute Gasteiger partial charge is 0.274 e. The third kappa shape index (κ3) is 4.94. The van der Waals surface area contributed by atoms with E-state index in [1.54, 1.807) is 18.6 Å². The van der Waals surface area contributed by atoms with E-state index in [9.17, 15) is 9.59 Å². The number of likely N-dealkylation sites (tertiary alicyclic amines) is 2. The Morgan fingerprint density at radius 3 is 2.48 bits per heavy atom. The Kier molecular flexibility index (Phi) is 6.63. The SMILES string of the molecule is Cc1cnc(C(=O)N2CCCC[C@@H]2C2CCN(C(=O)CCn3ccnc3C)CC2)cn1. The van der Waals surface area contributed by atoms with Gasteiger partial charge < -0.3 is 14.4 Å². The Hall–Kier alpha value is -2.77. The average Bonchev–Trinajstić information content (AvgIpc) is 3.22. The third-order valence-corrected chi connectivity index (χ3v) is 6.74. The Labute approximate surface area is 183 Å². The maximum atomic E-state index is 13.1. The van der Waals surface area contributed by atoms with Gasteiger partial charge in [0, 0.05) is 57.2 Å². The van der Waals surface area contributed by atoms with Gasteiger partial charge in [-0.05, 0) is 51.9 Å². The van der Waals surface area contributed by atoms with Crippen LogP contribution in [0.15, 0.2) is 24.8 Å². The highest BCUT2D eigenvalue weighted by Gasteiger charge is 2.36. The molecule has 1 atom stereocenters. The number of aromatic nitrogens is 4. The first-order chi connectivity index (χ1) is 15.0. The third-order valence-electron chi connectivity index (χ3n) is 6.74. The van der Waals surface area contributed by atoms with Gasteiger partial charge in [0.15, 0.2) is 0 Å². The van der Waals surface area contributed by atoms with Gasteiger partial charge in [-0.15, -0.1) is 0 Å². The van der Waals surface area contributed by atoms with Gasteiger partial charge in [0.2, 0.25) is 5.91 Å². The number of amides is 2. The van der Waals surface area contributed by atoms with Crippen LogP contribution in [0.5, 0.6) is 0 Å². The van der Waals surface area contributed by atoms with Crippen LogP contribution < -0.4 is 0 Å². The van der Waals surface area contributed by atoms with Crippen LogP contribution in [0.3, 0.4) is 0 Å². The molecular weight excluding hydrogens is 392 g/mol. The lowest BCUT2D eigenvalue weighted by molar-refractivity contribution is -0.133. The summed E-state index contributed by atoms with van der Waals surface area (Å²) in [6.45, 7) is 6.83. The molecule has 2 amide bonds. The van der Waals surface area contributed by atoms with Crippen molar-refractivity contribution in [3.63, 3.8) is 0 Å². The first-order valence-corrected chi connectivity index (χ1v) is 11.4. The van der Waals surface area contributed by atoms with E-state index in [1.807, 2.05) is 34.4 Å². The Morgan fingerprint density at radius 1 is 1.00 bits per heavy atom. The summed E-state index contributed by atoms with van der Waals surface area (Å²) in [5.41, 5.74) is 1.24. The molecule has 4 rings (SSSR count). The fourth-order valence-electron chi connectivity index (χ4n) is 4.90. The topological polar surface area (TPSA) is 84.2 Å². The second-order valence-electron chi connectivity index (χ2n) is 8.74. The van der Waals surface area contributed by atoms with Gasteiger partial charge in [-0.2, -0.15) is 0 Å². The molecule has 0 N–H and O–H groups in total. The number of carbonyl (C=O) groups is 2. The summed E-state index contributed by atoms with van der Waals surface area (Å²) in [6, 6.07) is 0.232. The molecule has 0 unspecified atom stereocenters. The van der Waals surface area contributed by atoms with Gasteiger partial charge in [0.25, 0.3) is 5.91 Å². The molecule has 31 heavy (non-hydrogen) atoms. The van der Waals surface area contributed by atoms with Gasteiger partial charge in [-0.1, -0.05) is 0 Å². The number of hydrogen-bond donors (Lipinski definition) is 0. The van der Waals surface area contributed by atoms with Crippen LogP contribution in [0.4, 0.5) is 0 Å². The van der Waals surface area contributed by atoms with Crippen molar-refractivity contribution >= 4 is 11.8 Å². The summed E-state index contributed by atoms with van der Waals surface area (Å²) in [6.07, 6.45) is 12.5. The van der Waals surface area contributed by atoms with Gasteiger partial charge in [-0.25, -0.2) is 9.97 Å². The molecule has 2 aliphatic rings. The predicted octanol–water partition coefficient (Wildman–Crippen LogP) is 2.61. The van der Waals surface area contributed by atoms with Crippen molar-refractivity contribution in [2.24, 2.45) is 5.92 Å². The number of carbonyl (C=O) groups excluding carboxylic acids is 2. The number of nitrogens with zero attached hydrogens (tertiary/aromatic N) is 6. The number of hydrogen-bond acceptors (Lipinski definition) is 5. The number of imidazole rings is 1. The zero-order valence-electron chi connectivity index (χ0n) is 18.5. The standard InChI is InChI=1S/C23H32N6O2/c1-17-15-26-20(16-25-17)23(31)29-10-4-3-5-21(29)19-6-11-28(12-7-19)22(30)8-13-27-14-9-24-18(27)2/h9,14-16,19,21H,3-8,10-13H2,1-2H3/t21-/m1/s1. The Balaban J connectivity index is 1.33. The minimum Gasteiger partial charge on any atom is -0.343 e. The van der Waals surface area contributed by atoms with E-state index in [-0.39, 0.29) is 17.9 Å². The molecule has 2 aliphatic heterocycles. The monoisotopic (exact) mass is 424 g/mol. The van der Waals surface area contributed by atoms with E-state index in [1.165, 1.54) is 0 Å². The van der Waals surface area contributed by atoms with Crippen molar-refractivity contribution in [1.82, 2.24) is 29.3 Å². The molecule has 0 aromatic carbocycles. The summed E-state index contributed by atoms with van der Waals surface area (Å²) in [5.74, 6) is 1.57. The van der Waals surface area contributed by atoms with Gasteiger partial charge in [0.1, 0.15) is 11.5 Å². The highest BCUT2D eigenvalue weighted by Crippen LogP contribution is 2.31. The van der Waals surface area contributed by atoms with Crippen LogP contribution in [-0.4, -0.2) is 66.8 Å². The van der Waals surface area contributed by atoms with E-state index in [0.29, 0.717) is 24.6 Å². The molecule has 8 heteroatoms. The lowest BCUT2D eigenvalue weighted by Crippen LogP contribution is -2.51. The maximum absolute atomic E-state index is 13.1. The minimum absolute atomic E-state index is 0.00796. The molecule has 2 aromatic rings. The molecule has 8 nitrogen and oxygen atoms in total. The number of rotatable bonds is 5. The van der Waals surface area contributed by atoms with E-state index >= 15 is 0 Å². The predicted molar refractivity (Wildman–Crippen MR) is 116 cm³/mol. The zero-order chi connectivity index (χ0) is 21.8. The van der Waals surface area contributed by atoms with E-state index in [2.05, 4.69) is 15.0 Å². The normalized spacial score (nSPS) is 20.1. The number of aryl methyl sites for hydroxylation is 3. The first kappa shape index (κ1) is 21.5. The molecule has 2 saturated heterocycles. The van der Waals surface area contributed by atoms with Gasteiger partial charge in [-0.3, -0.25) is 14.6 Å². The van der Waals surface area contributed by atoms with Crippen molar-refractivity contribution < 1.29 is 9.59 Å². The van der Waals surface area contributed by atoms with Crippen LogP contribution in [0.2, 0.25) is 0 Å². The van der Waals surface area contributed by atoms with Crippen molar-refractivity contribution in [3.05, 3.63) is 42.0 Å². The molecule has 4 heterocycles. The summed E-state index contributed by atoms with van der Waals surface area (Å²) in [7, 11) is 0. The molecule has 0 aliphatic carbocycles. The minimum atomic E-state index is -0.00796. The molecule has 0 saturated carbocycles. The second-order valence-corrected chi connectivity index (χ2v) is 8.74. The molecule has 2 fully saturated rings. The highest BCUT2D eigenvalue weighted by atomic mass is 16.2. The fraction of sp³-hybridized carbons (Fsp3) is 0.609. The Bertz CT molecular complexity index is 901. The van der Waals surface area contributed by atoms with Crippen LogP contribution in [0, 0.1) is 19.8 Å². The summed E-state index contributed by atoms with van der Waals surface area (Å²) in [4.78, 5) is 42.6. The lowest BCUT2D eigenvalue weighted by Gasteiger charge is -2.43. The summed E-state index contributed by atoms with van der Waals surface area (Å²) >= 11 is 0. The maximum Gasteiger partial charge on any atom is 0.274 e. The lowest BCUT2D eigenvalue weighted by atomic mass is 9.83. The van der Waals surface area contributed by atoms with Crippen LogP contribution in [0.25, 0.3) is 0 Å². The molecule has 166 valence electrons. The van der Waals surface area contributed by atoms with E-state index < -0.39 is 0 Å². The van der Waals surface area contributed by atoms with Gasteiger partial charge >= 0.3 is 0 Å². The zero-order valence-corrected chi connectivity index (χ0v) is 18.5. The molecule has 0 radical (unpaired) electrons. The van der Waals surface area contributed by atoms with Crippen LogP contribution in [-0.2, 0) is 11.3 Å². The number of piperidine rings is 2. The average molecular weight is 425 g/mol. The van der Waals surface area contributed by atoms with Crippen LogP contribution >= 0.6 is 0 Å². The second kappa shape index (κ2) is 9.58. The van der Waals surface area contributed by atoms with Crippen LogP contribution in [0.1, 0.15) is 60.5 Å². The first-order valence-electron chi connectivity index (χ1n) is 11.4. The summed E-state index contributed by atoms with van der Waals surface area (Å²) < 4.78 is 2.02. The molecule has 0 spiro atoms. The van der Waals surface area contributed by atoms with Crippen molar-refractivity contribution in [2.75, 3.05) is 19.6 Å². The van der Waals surface area contributed by atoms with E-state index in [4.69, 9.17) is 0 Å². The molecular formula is C23H32N6O2. The highest BCUT2D eigenvalue weighted by molar-refractivity contribution is 5.92. The molecule has 0 bridgehead atoms. The van der Waals surface area contributed by atoms with Crippen molar-refractivity contribution in [3.8, 4) is 0 Å². The van der Waals surface area contributed by atoms with E-state index in [0.717, 1.165) is 63.3 Å². The largest absolute Gasteiger partial charge is 0.343 e. The molecule has 2 aromatic heterocycles.